The molecule has 0 radical (unpaired) electrons. The Morgan fingerprint density at radius 2 is 2.16 bits per heavy atom. The second-order valence-corrected chi connectivity index (χ2v) is 4.76. The average molecular weight is 285 g/mol. The molecule has 0 saturated carbocycles. The second-order valence-electron chi connectivity index (χ2n) is 4.32. The van der Waals surface area contributed by atoms with Crippen LogP contribution in [0, 0.1) is 0 Å². The molecule has 0 fully saturated rings. The number of carboxylic acid groups (broad SMARTS) is 1. The Labute approximate surface area is 116 Å². The molecular weight excluding hydrogens is 268 g/mol. The average Bonchev–Trinajstić information content (AvgIpc) is 2.35. The van der Waals surface area contributed by atoms with Gasteiger partial charge in [0.15, 0.2) is 0 Å². The van der Waals surface area contributed by atoms with Gasteiger partial charge >= 0.3 is 5.97 Å². The predicted octanol–water partition coefficient (Wildman–Crippen LogP) is 1.71. The monoisotopic (exact) mass is 284 g/mol. The molecule has 104 valence electrons. The van der Waals surface area contributed by atoms with E-state index < -0.39 is 12.0 Å². The Bertz CT molecular complexity index is 465. The van der Waals surface area contributed by atoms with Gasteiger partial charge in [0.25, 0.3) is 0 Å². The molecule has 0 aliphatic heterocycles. The number of hydrogen-bond donors (Lipinski definition) is 3. The third-order valence-electron chi connectivity index (χ3n) is 2.71. The SMILES string of the molecule is C[C@@H](NC(=O)C(N)CCC(=O)O)c1cccc(Cl)c1. The molecule has 0 bridgehead atoms. The fourth-order valence-electron chi connectivity index (χ4n) is 1.59. The summed E-state index contributed by atoms with van der Waals surface area (Å²) >= 11 is 5.87. The highest BCUT2D eigenvalue weighted by molar-refractivity contribution is 6.30. The molecule has 1 amide bonds. The standard InChI is InChI=1S/C13H17ClN2O3/c1-8(9-3-2-4-10(14)7-9)16-13(19)11(15)5-6-12(17)18/h2-4,7-8,11H,5-6,15H2,1H3,(H,16,19)(H,17,18)/t8-,11?/m1/s1. The molecule has 0 aliphatic rings. The largest absolute Gasteiger partial charge is 0.481 e. The predicted molar refractivity (Wildman–Crippen MR) is 72.9 cm³/mol. The molecule has 0 aliphatic carbocycles. The molecule has 0 saturated heterocycles. The highest BCUT2D eigenvalue weighted by Gasteiger charge is 2.17. The second kappa shape index (κ2) is 7.11. The van der Waals surface area contributed by atoms with Gasteiger partial charge in [0.05, 0.1) is 12.1 Å². The highest BCUT2D eigenvalue weighted by Crippen LogP contribution is 2.17. The van der Waals surface area contributed by atoms with E-state index in [1.807, 2.05) is 13.0 Å². The first-order valence-corrected chi connectivity index (χ1v) is 6.31. The smallest absolute Gasteiger partial charge is 0.303 e. The van der Waals surface area contributed by atoms with Crippen molar-refractivity contribution >= 4 is 23.5 Å². The Kier molecular flexibility index (Phi) is 5.79. The lowest BCUT2D eigenvalue weighted by Crippen LogP contribution is -2.41. The molecule has 1 aromatic rings. The third kappa shape index (κ3) is 5.28. The van der Waals surface area contributed by atoms with E-state index in [9.17, 15) is 9.59 Å². The van der Waals surface area contributed by atoms with E-state index in [4.69, 9.17) is 22.4 Å². The number of carboxylic acids is 1. The zero-order valence-corrected chi connectivity index (χ0v) is 11.4. The van der Waals surface area contributed by atoms with Crippen LogP contribution in [0.15, 0.2) is 24.3 Å². The number of carbonyl (C=O) groups is 2. The van der Waals surface area contributed by atoms with Crippen molar-refractivity contribution < 1.29 is 14.7 Å². The van der Waals surface area contributed by atoms with Crippen molar-refractivity contribution in [2.75, 3.05) is 0 Å². The van der Waals surface area contributed by atoms with E-state index in [2.05, 4.69) is 5.32 Å². The van der Waals surface area contributed by atoms with Crippen LogP contribution in [0.2, 0.25) is 5.02 Å². The minimum Gasteiger partial charge on any atom is -0.481 e. The minimum atomic E-state index is -0.967. The van der Waals surface area contributed by atoms with Crippen LogP contribution < -0.4 is 11.1 Å². The van der Waals surface area contributed by atoms with E-state index in [-0.39, 0.29) is 24.8 Å². The maximum Gasteiger partial charge on any atom is 0.303 e. The fraction of sp³-hybridized carbons (Fsp3) is 0.385. The van der Waals surface area contributed by atoms with E-state index in [1.165, 1.54) is 0 Å². The van der Waals surface area contributed by atoms with Crippen molar-refractivity contribution in [3.8, 4) is 0 Å². The molecule has 0 heterocycles. The van der Waals surface area contributed by atoms with Crippen molar-refractivity contribution in [3.63, 3.8) is 0 Å². The summed E-state index contributed by atoms with van der Waals surface area (Å²) in [6.07, 6.45) is -0.0104. The van der Waals surface area contributed by atoms with Crippen molar-refractivity contribution in [2.24, 2.45) is 5.73 Å². The van der Waals surface area contributed by atoms with Crippen LogP contribution in [-0.4, -0.2) is 23.0 Å². The molecule has 6 heteroatoms. The van der Waals surface area contributed by atoms with E-state index >= 15 is 0 Å². The number of amides is 1. The van der Waals surface area contributed by atoms with Gasteiger partial charge in [-0.1, -0.05) is 23.7 Å². The summed E-state index contributed by atoms with van der Waals surface area (Å²) in [5.74, 6) is -1.33. The Morgan fingerprint density at radius 3 is 2.74 bits per heavy atom. The zero-order chi connectivity index (χ0) is 14.4. The Balaban J connectivity index is 2.54. The number of nitrogens with two attached hydrogens (primary N) is 1. The quantitative estimate of drug-likeness (QED) is 0.741. The van der Waals surface area contributed by atoms with Crippen LogP contribution in [-0.2, 0) is 9.59 Å². The maximum atomic E-state index is 11.8. The molecule has 19 heavy (non-hydrogen) atoms. The van der Waals surface area contributed by atoms with Gasteiger partial charge in [0.2, 0.25) is 5.91 Å². The normalized spacial score (nSPS) is 13.6. The Hall–Kier alpha value is -1.59. The number of hydrogen-bond acceptors (Lipinski definition) is 3. The first-order valence-electron chi connectivity index (χ1n) is 5.93. The van der Waals surface area contributed by atoms with Crippen LogP contribution in [0.5, 0.6) is 0 Å². The van der Waals surface area contributed by atoms with Gasteiger partial charge in [-0.05, 0) is 31.0 Å². The van der Waals surface area contributed by atoms with Crippen LogP contribution in [0.25, 0.3) is 0 Å². The molecule has 2 atom stereocenters. The lowest BCUT2D eigenvalue weighted by atomic mass is 10.1. The van der Waals surface area contributed by atoms with Gasteiger partial charge in [0.1, 0.15) is 0 Å². The fourth-order valence-corrected chi connectivity index (χ4v) is 1.79. The van der Waals surface area contributed by atoms with Crippen LogP contribution in [0.1, 0.15) is 31.4 Å². The van der Waals surface area contributed by atoms with Crippen LogP contribution >= 0.6 is 11.6 Å². The lowest BCUT2D eigenvalue weighted by molar-refractivity contribution is -0.137. The van der Waals surface area contributed by atoms with Crippen molar-refractivity contribution in [3.05, 3.63) is 34.9 Å². The summed E-state index contributed by atoms with van der Waals surface area (Å²) in [6, 6.07) is 6.09. The minimum absolute atomic E-state index is 0.115. The summed E-state index contributed by atoms with van der Waals surface area (Å²) in [6.45, 7) is 1.81. The van der Waals surface area contributed by atoms with Crippen LogP contribution in [0.3, 0.4) is 0 Å². The van der Waals surface area contributed by atoms with Gasteiger partial charge in [-0.25, -0.2) is 0 Å². The molecule has 4 N–H and O–H groups in total. The molecule has 1 rings (SSSR count). The zero-order valence-electron chi connectivity index (χ0n) is 10.6. The van der Waals surface area contributed by atoms with Crippen LogP contribution in [0.4, 0.5) is 0 Å². The number of carbonyl (C=O) groups excluding carboxylic acids is 1. The van der Waals surface area contributed by atoms with E-state index in [0.29, 0.717) is 5.02 Å². The first kappa shape index (κ1) is 15.5. The van der Waals surface area contributed by atoms with Gasteiger partial charge < -0.3 is 16.2 Å². The molecule has 1 aromatic carbocycles. The molecule has 5 nitrogen and oxygen atoms in total. The summed E-state index contributed by atoms with van der Waals surface area (Å²) in [5.41, 5.74) is 6.49. The lowest BCUT2D eigenvalue weighted by Gasteiger charge is -2.17. The Morgan fingerprint density at radius 1 is 1.47 bits per heavy atom. The highest BCUT2D eigenvalue weighted by atomic mass is 35.5. The molecular formula is C13H17ClN2O3. The number of nitrogens with one attached hydrogen (secondary N) is 1. The number of rotatable bonds is 6. The van der Waals surface area contributed by atoms with Crippen molar-refractivity contribution in [2.45, 2.75) is 31.8 Å². The summed E-state index contributed by atoms with van der Waals surface area (Å²) in [4.78, 5) is 22.2. The third-order valence-corrected chi connectivity index (χ3v) is 2.95. The first-order chi connectivity index (χ1) is 8.90. The number of aliphatic carboxylic acids is 1. The molecule has 0 spiro atoms. The summed E-state index contributed by atoms with van der Waals surface area (Å²) < 4.78 is 0. The van der Waals surface area contributed by atoms with E-state index in [0.717, 1.165) is 5.56 Å². The van der Waals surface area contributed by atoms with Gasteiger partial charge in [-0.2, -0.15) is 0 Å². The maximum absolute atomic E-state index is 11.8. The molecule has 0 aromatic heterocycles. The summed E-state index contributed by atoms with van der Waals surface area (Å²) in [5, 5.41) is 11.9. The van der Waals surface area contributed by atoms with Crippen molar-refractivity contribution in [1.29, 1.82) is 0 Å². The molecule has 1 unspecified atom stereocenters. The van der Waals surface area contributed by atoms with Gasteiger partial charge in [-0.15, -0.1) is 0 Å². The topological polar surface area (TPSA) is 92.4 Å². The van der Waals surface area contributed by atoms with Crippen molar-refractivity contribution in [1.82, 2.24) is 5.32 Å². The summed E-state index contributed by atoms with van der Waals surface area (Å²) in [7, 11) is 0. The number of benzene rings is 1. The van der Waals surface area contributed by atoms with Gasteiger partial charge in [0, 0.05) is 11.4 Å². The van der Waals surface area contributed by atoms with Gasteiger partial charge in [-0.3, -0.25) is 9.59 Å². The number of halogens is 1. The van der Waals surface area contributed by atoms with E-state index in [1.54, 1.807) is 18.2 Å².